The number of hydrogen-bond acceptors (Lipinski definition) is 8. The molecule has 0 aromatic carbocycles. The number of carbonyl (C=O) groups is 1. The van der Waals surface area contributed by atoms with Crippen molar-refractivity contribution < 1.29 is 75.5 Å². The minimum absolute atomic E-state index is 0. The quantitative estimate of drug-likeness (QED) is 0.171. The molecule has 3 rings (SSSR count). The number of aldehydes is 1. The van der Waals surface area contributed by atoms with E-state index >= 15 is 0 Å². The van der Waals surface area contributed by atoms with Crippen LogP contribution >= 0.6 is 47.8 Å². The molecule has 0 aliphatic carbocycles. The second kappa shape index (κ2) is 20.7. The number of ether oxygens (including phenoxy) is 3. The van der Waals surface area contributed by atoms with Gasteiger partial charge >= 0.3 is 51.4 Å². The van der Waals surface area contributed by atoms with Crippen molar-refractivity contribution in [2.45, 2.75) is 11.9 Å². The first-order valence-electron chi connectivity index (χ1n) is 9.14. The molecular weight excluding hydrogens is 675 g/mol. The molecule has 35 heavy (non-hydrogen) atoms. The Morgan fingerprint density at radius 2 is 1.29 bits per heavy atom. The molecule has 0 unspecified atom stereocenters. The number of carbonyl (C=O) groups excluding carboxylic acids is 1. The van der Waals surface area contributed by atoms with E-state index < -0.39 is 0 Å². The van der Waals surface area contributed by atoms with E-state index in [2.05, 4.69) is 62.7 Å². The van der Waals surface area contributed by atoms with Gasteiger partial charge < -0.3 is 27.7 Å². The third kappa shape index (κ3) is 13.2. The van der Waals surface area contributed by atoms with Gasteiger partial charge in [0.05, 0.1) is 27.9 Å². The van der Waals surface area contributed by atoms with Gasteiger partial charge in [-0.05, 0) is 49.6 Å². The summed E-state index contributed by atoms with van der Waals surface area (Å²) < 4.78 is 16.0. The summed E-state index contributed by atoms with van der Waals surface area (Å²) in [7, 11) is 10.0. The normalized spacial score (nSPS) is 9.00. The van der Waals surface area contributed by atoms with Gasteiger partial charge in [0, 0.05) is 40.2 Å². The van der Waals surface area contributed by atoms with Crippen LogP contribution in [0.5, 0.6) is 17.6 Å². The zero-order chi connectivity index (χ0) is 24.8. The number of nitrogens with zero attached hydrogens (tertiary/aromatic N) is 3. The van der Waals surface area contributed by atoms with Crippen LogP contribution in [0.2, 0.25) is 0 Å². The first-order chi connectivity index (χ1) is 15.8. The van der Waals surface area contributed by atoms with Crippen molar-refractivity contribution in [3.05, 3.63) is 62.3 Å². The molecule has 3 aromatic heterocycles. The van der Waals surface area contributed by atoms with Crippen molar-refractivity contribution in [1.82, 2.24) is 15.0 Å². The van der Waals surface area contributed by atoms with Gasteiger partial charge in [0.25, 0.3) is 0 Å². The van der Waals surface area contributed by atoms with Crippen LogP contribution in [0.3, 0.4) is 0 Å². The molecular formula is C21H21B2Br3KN3O5. The molecule has 0 aliphatic heterocycles. The average Bonchev–Trinajstić information content (AvgIpc) is 2.84. The van der Waals surface area contributed by atoms with Gasteiger partial charge in [-0.25, -0.2) is 15.0 Å². The van der Waals surface area contributed by atoms with E-state index in [0.717, 1.165) is 21.1 Å². The predicted octanol–water partition coefficient (Wildman–Crippen LogP) is 0.412. The van der Waals surface area contributed by atoms with E-state index in [-0.39, 0.29) is 72.0 Å². The molecule has 0 fully saturated rings. The number of halogens is 3. The summed E-state index contributed by atoms with van der Waals surface area (Å²) in [5.74, 6) is 1.57. The maximum absolute atomic E-state index is 10.3. The van der Waals surface area contributed by atoms with Gasteiger partial charge in [-0.2, -0.15) is 0 Å². The van der Waals surface area contributed by atoms with Crippen LogP contribution in [0.25, 0.3) is 0 Å². The molecule has 0 saturated carbocycles. The summed E-state index contributed by atoms with van der Waals surface area (Å²) >= 11 is 9.87. The van der Waals surface area contributed by atoms with Gasteiger partial charge in [-0.1, -0.05) is 22.0 Å². The molecule has 0 atom stereocenters. The molecule has 1 N–H and O–H groups in total. The molecule has 178 valence electrons. The number of methoxy groups -OCH3 is 3. The van der Waals surface area contributed by atoms with Crippen LogP contribution in [0.1, 0.15) is 21.5 Å². The first kappa shape index (κ1) is 36.8. The van der Waals surface area contributed by atoms with Gasteiger partial charge in [-0.3, -0.25) is 4.79 Å². The number of rotatable bonds is 6. The molecule has 0 bridgehead atoms. The van der Waals surface area contributed by atoms with E-state index in [1.165, 1.54) is 7.11 Å². The molecule has 6 radical (unpaired) electrons. The molecule has 0 aliphatic rings. The first-order valence-corrected chi connectivity index (χ1v) is 11.8. The van der Waals surface area contributed by atoms with E-state index in [9.17, 15) is 4.79 Å². The van der Waals surface area contributed by atoms with Crippen molar-refractivity contribution in [2.24, 2.45) is 0 Å². The van der Waals surface area contributed by atoms with E-state index in [0.29, 0.717) is 34.1 Å². The Bertz CT molecular complexity index is 1000. The Morgan fingerprint density at radius 3 is 1.63 bits per heavy atom. The third-order valence-electron chi connectivity index (χ3n) is 3.80. The van der Waals surface area contributed by atoms with Crippen LogP contribution in [0, 0.1) is 0 Å². The standard InChI is InChI=1S/C7H6BNO2.C7H7Br2NO.C7H8BrNO2.B.K/c1-11-6-3-2-5(4-10)7(8)9-6;1-11-6-3-2-5(4-8)7(9)10-6;1-11-6-3-2-5(4-10)7(8)9-6;;/h2-4H,1H3;2-3H,4H2,1H3;2-3,10H,4H2,1H3;;/q;;;-1;+1. The van der Waals surface area contributed by atoms with Gasteiger partial charge in [0.2, 0.25) is 17.6 Å². The summed E-state index contributed by atoms with van der Waals surface area (Å²) in [4.78, 5) is 22.2. The van der Waals surface area contributed by atoms with Crippen molar-refractivity contribution in [3.8, 4) is 17.6 Å². The Labute approximate surface area is 276 Å². The molecule has 0 saturated heterocycles. The molecule has 3 heterocycles. The Kier molecular flexibility index (Phi) is 21.8. The molecule has 0 amide bonds. The second-order valence-electron chi connectivity index (χ2n) is 5.84. The van der Waals surface area contributed by atoms with Crippen molar-refractivity contribution in [3.63, 3.8) is 0 Å². The summed E-state index contributed by atoms with van der Waals surface area (Å²) in [5, 5.41) is 9.57. The zero-order valence-corrected chi connectivity index (χ0v) is 27.5. The fourth-order valence-electron chi connectivity index (χ4n) is 2.02. The number of aromatic nitrogens is 3. The fourth-order valence-corrected chi connectivity index (χ4v) is 3.73. The predicted molar refractivity (Wildman–Crippen MR) is 143 cm³/mol. The number of hydrogen-bond donors (Lipinski definition) is 1. The number of pyridine rings is 3. The van der Waals surface area contributed by atoms with Gasteiger partial charge in [0.15, 0.2) is 6.29 Å². The van der Waals surface area contributed by atoms with Crippen molar-refractivity contribution in [1.29, 1.82) is 0 Å². The summed E-state index contributed by atoms with van der Waals surface area (Å²) in [6.45, 7) is -0.0163. The SMILES string of the molecule is COc1ccc(CBr)c(Br)n1.COc1ccc(CO)c(Br)n1.[B-].[B]c1nc(OC)ccc1C=O.[K+]. The number of alkyl halides is 1. The summed E-state index contributed by atoms with van der Waals surface area (Å²) in [6, 6.07) is 10.4. The van der Waals surface area contributed by atoms with Crippen LogP contribution < -0.4 is 71.2 Å². The van der Waals surface area contributed by atoms with E-state index in [1.54, 1.807) is 38.5 Å². The van der Waals surface area contributed by atoms with Crippen molar-refractivity contribution in [2.75, 3.05) is 21.3 Å². The fraction of sp³-hybridized carbons (Fsp3) is 0.238. The van der Waals surface area contributed by atoms with E-state index in [4.69, 9.17) is 27.2 Å². The van der Waals surface area contributed by atoms with Crippen LogP contribution in [0.15, 0.2) is 45.6 Å². The summed E-state index contributed by atoms with van der Waals surface area (Å²) in [6.07, 6.45) is 0.655. The second-order valence-corrected chi connectivity index (χ2v) is 7.91. The molecule has 0 spiro atoms. The monoisotopic (exact) mass is 693 g/mol. The largest absolute Gasteiger partial charge is 1.00 e. The maximum Gasteiger partial charge on any atom is 1.00 e. The smallest absolute Gasteiger partial charge is 1.00 e. The Morgan fingerprint density at radius 1 is 0.857 bits per heavy atom. The molecule has 8 nitrogen and oxygen atoms in total. The number of aliphatic hydroxyl groups is 1. The maximum atomic E-state index is 10.3. The van der Waals surface area contributed by atoms with Crippen molar-refractivity contribution >= 4 is 75.9 Å². The Balaban J connectivity index is 0. The minimum Gasteiger partial charge on any atom is -1.00 e. The third-order valence-corrected chi connectivity index (χ3v) is 5.78. The minimum atomic E-state index is -0.0163. The zero-order valence-electron chi connectivity index (χ0n) is 19.7. The van der Waals surface area contributed by atoms with Gasteiger partial charge in [-0.15, -0.1) is 0 Å². The summed E-state index contributed by atoms with van der Waals surface area (Å²) in [5.41, 5.74) is 2.45. The number of aliphatic hydroxyl groups excluding tert-OH is 1. The van der Waals surface area contributed by atoms with Crippen LogP contribution in [-0.4, -0.2) is 63.9 Å². The molecule has 3 aromatic rings. The van der Waals surface area contributed by atoms with Crippen LogP contribution in [-0.2, 0) is 11.9 Å². The van der Waals surface area contributed by atoms with Crippen LogP contribution in [0.4, 0.5) is 0 Å². The topological polar surface area (TPSA) is 104 Å². The van der Waals surface area contributed by atoms with E-state index in [1.807, 2.05) is 12.1 Å². The average molecular weight is 696 g/mol. The molecule has 14 heteroatoms. The Hall–Kier alpha value is -0.314. The van der Waals surface area contributed by atoms with Gasteiger partial charge in [0.1, 0.15) is 17.1 Å².